The van der Waals surface area contributed by atoms with Crippen LogP contribution in [0.2, 0.25) is 0 Å². The Bertz CT molecular complexity index is 584. The van der Waals surface area contributed by atoms with Crippen molar-refractivity contribution in [1.82, 2.24) is 0 Å². The number of aliphatic hydroxyl groups excluding tert-OH is 2. The smallest absolute Gasteiger partial charge is 0.119 e. The van der Waals surface area contributed by atoms with Crippen LogP contribution in [0, 0.1) is 17.3 Å². The molecule has 0 aliphatic heterocycles. The lowest BCUT2D eigenvalue weighted by atomic mass is 9.55. The maximum absolute atomic E-state index is 10.4. The first-order valence-electron chi connectivity index (χ1n) is 8.57. The number of methoxy groups -OCH3 is 1. The highest BCUT2D eigenvalue weighted by Gasteiger charge is 2.57. The van der Waals surface area contributed by atoms with E-state index in [9.17, 15) is 10.2 Å². The van der Waals surface area contributed by atoms with Gasteiger partial charge in [-0.05, 0) is 78.5 Å². The van der Waals surface area contributed by atoms with E-state index in [1.54, 1.807) is 7.11 Å². The van der Waals surface area contributed by atoms with Crippen LogP contribution in [0.5, 0.6) is 5.75 Å². The molecule has 4 rings (SSSR count). The fourth-order valence-corrected chi connectivity index (χ4v) is 5.67. The van der Waals surface area contributed by atoms with Crippen LogP contribution in [-0.4, -0.2) is 29.5 Å². The topological polar surface area (TPSA) is 49.7 Å². The van der Waals surface area contributed by atoms with E-state index < -0.39 is 12.2 Å². The molecule has 1 aromatic rings. The summed E-state index contributed by atoms with van der Waals surface area (Å²) in [5, 5.41) is 20.6. The van der Waals surface area contributed by atoms with E-state index >= 15 is 0 Å². The van der Waals surface area contributed by atoms with Gasteiger partial charge in [0.05, 0.1) is 19.3 Å². The van der Waals surface area contributed by atoms with Gasteiger partial charge in [-0.1, -0.05) is 13.0 Å². The SMILES string of the molecule is COc1ccc2c(c1)CCC1C2CCC2(C)C1C[C@@H](O)C2O. The molecule has 0 bridgehead atoms. The lowest BCUT2D eigenvalue weighted by Gasteiger charge is -2.49. The van der Waals surface area contributed by atoms with Gasteiger partial charge in [0.1, 0.15) is 5.75 Å². The van der Waals surface area contributed by atoms with E-state index in [4.69, 9.17) is 4.74 Å². The van der Waals surface area contributed by atoms with Crippen molar-refractivity contribution in [2.75, 3.05) is 7.11 Å². The van der Waals surface area contributed by atoms with E-state index in [2.05, 4.69) is 25.1 Å². The predicted octanol–water partition coefficient (Wildman–Crippen LogP) is 2.88. The fourth-order valence-electron chi connectivity index (χ4n) is 5.67. The third-order valence-corrected chi connectivity index (χ3v) is 6.91. The number of rotatable bonds is 1. The molecule has 2 saturated carbocycles. The van der Waals surface area contributed by atoms with Gasteiger partial charge in [-0.3, -0.25) is 0 Å². The summed E-state index contributed by atoms with van der Waals surface area (Å²) in [4.78, 5) is 0. The summed E-state index contributed by atoms with van der Waals surface area (Å²) in [6.07, 6.45) is 4.09. The van der Waals surface area contributed by atoms with Crippen LogP contribution in [0.1, 0.15) is 49.7 Å². The molecule has 3 aliphatic rings. The van der Waals surface area contributed by atoms with E-state index in [0.717, 1.165) is 31.4 Å². The maximum atomic E-state index is 10.4. The zero-order chi connectivity index (χ0) is 15.5. The van der Waals surface area contributed by atoms with E-state index in [1.165, 1.54) is 17.5 Å². The maximum Gasteiger partial charge on any atom is 0.119 e. The molecule has 2 N–H and O–H groups in total. The van der Waals surface area contributed by atoms with Gasteiger partial charge in [0.15, 0.2) is 0 Å². The molecule has 3 aliphatic carbocycles. The molecule has 2 fully saturated rings. The van der Waals surface area contributed by atoms with Crippen molar-refractivity contribution in [2.45, 2.75) is 57.2 Å². The molecular formula is C19H26O3. The fraction of sp³-hybridized carbons (Fsp3) is 0.684. The number of benzene rings is 1. The molecule has 0 spiro atoms. The van der Waals surface area contributed by atoms with Crippen molar-refractivity contribution in [3.05, 3.63) is 29.3 Å². The lowest BCUT2D eigenvalue weighted by Crippen LogP contribution is -2.44. The lowest BCUT2D eigenvalue weighted by molar-refractivity contribution is -0.0505. The average Bonchev–Trinajstić information content (AvgIpc) is 2.77. The minimum absolute atomic E-state index is 0.0927. The quantitative estimate of drug-likeness (QED) is 0.838. The normalized spacial score (nSPS) is 43.2. The average molecular weight is 302 g/mol. The number of fused-ring (bicyclic) bond motifs is 5. The number of aryl methyl sites for hydroxylation is 1. The summed E-state index contributed by atoms with van der Waals surface area (Å²) in [6, 6.07) is 6.51. The second kappa shape index (κ2) is 4.97. The second-order valence-corrected chi connectivity index (χ2v) is 7.77. The summed E-state index contributed by atoms with van der Waals surface area (Å²) in [5.74, 6) is 2.59. The van der Waals surface area contributed by atoms with E-state index in [0.29, 0.717) is 17.8 Å². The first-order valence-corrected chi connectivity index (χ1v) is 8.57. The van der Waals surface area contributed by atoms with Crippen molar-refractivity contribution in [3.8, 4) is 5.75 Å². The number of hydrogen-bond acceptors (Lipinski definition) is 3. The third-order valence-electron chi connectivity index (χ3n) is 6.91. The van der Waals surface area contributed by atoms with Crippen LogP contribution in [0.3, 0.4) is 0 Å². The Hall–Kier alpha value is -1.06. The van der Waals surface area contributed by atoms with Gasteiger partial charge >= 0.3 is 0 Å². The molecule has 0 radical (unpaired) electrons. The highest BCUT2D eigenvalue weighted by Crippen LogP contribution is 2.60. The zero-order valence-corrected chi connectivity index (χ0v) is 13.5. The Morgan fingerprint density at radius 3 is 2.82 bits per heavy atom. The minimum Gasteiger partial charge on any atom is -0.497 e. The van der Waals surface area contributed by atoms with Crippen molar-refractivity contribution in [1.29, 1.82) is 0 Å². The van der Waals surface area contributed by atoms with E-state index in [1.807, 2.05) is 0 Å². The first kappa shape index (κ1) is 14.5. The van der Waals surface area contributed by atoms with Crippen molar-refractivity contribution in [3.63, 3.8) is 0 Å². The summed E-state index contributed by atoms with van der Waals surface area (Å²) < 4.78 is 5.36. The molecule has 22 heavy (non-hydrogen) atoms. The van der Waals surface area contributed by atoms with Gasteiger partial charge in [0.25, 0.3) is 0 Å². The van der Waals surface area contributed by atoms with Crippen molar-refractivity contribution >= 4 is 0 Å². The molecule has 3 heteroatoms. The van der Waals surface area contributed by atoms with Gasteiger partial charge in [-0.2, -0.15) is 0 Å². The highest BCUT2D eigenvalue weighted by atomic mass is 16.5. The van der Waals surface area contributed by atoms with Gasteiger partial charge in [-0.25, -0.2) is 0 Å². The van der Waals surface area contributed by atoms with Gasteiger partial charge in [-0.15, -0.1) is 0 Å². The Morgan fingerprint density at radius 1 is 1.23 bits per heavy atom. The van der Waals surface area contributed by atoms with Crippen LogP contribution >= 0.6 is 0 Å². The Balaban J connectivity index is 1.69. The third kappa shape index (κ3) is 1.88. The number of ether oxygens (including phenoxy) is 1. The molecule has 0 heterocycles. The second-order valence-electron chi connectivity index (χ2n) is 7.77. The molecule has 3 nitrogen and oxygen atoms in total. The molecule has 120 valence electrons. The molecule has 6 atom stereocenters. The standard InChI is InChI=1S/C19H26O3/c1-19-8-7-14-13-6-4-12(22-2)9-11(13)3-5-15(14)16(19)10-17(20)18(19)21/h4,6,9,14-18,20-21H,3,5,7-8,10H2,1-2H3/t14?,15?,16?,17-,18?,19?/m1/s1. The molecule has 5 unspecified atom stereocenters. The molecule has 1 aromatic carbocycles. The van der Waals surface area contributed by atoms with Crippen LogP contribution in [0.4, 0.5) is 0 Å². The minimum atomic E-state index is -0.546. The van der Waals surface area contributed by atoms with Gasteiger partial charge in [0.2, 0.25) is 0 Å². The summed E-state index contributed by atoms with van der Waals surface area (Å²) in [5.41, 5.74) is 2.82. The molecule has 0 amide bonds. The molecular weight excluding hydrogens is 276 g/mol. The Morgan fingerprint density at radius 2 is 2.05 bits per heavy atom. The van der Waals surface area contributed by atoms with Crippen LogP contribution < -0.4 is 4.74 Å². The van der Waals surface area contributed by atoms with Crippen LogP contribution in [-0.2, 0) is 6.42 Å². The highest BCUT2D eigenvalue weighted by molar-refractivity contribution is 5.40. The summed E-state index contributed by atoms with van der Waals surface area (Å²) >= 11 is 0. The zero-order valence-electron chi connectivity index (χ0n) is 13.5. The number of hydrogen-bond donors (Lipinski definition) is 2. The number of aliphatic hydroxyl groups is 2. The summed E-state index contributed by atoms with van der Waals surface area (Å²) in [7, 11) is 1.72. The van der Waals surface area contributed by atoms with Crippen LogP contribution in [0.15, 0.2) is 18.2 Å². The van der Waals surface area contributed by atoms with E-state index in [-0.39, 0.29) is 5.41 Å². The van der Waals surface area contributed by atoms with Gasteiger partial charge in [0, 0.05) is 0 Å². The Labute approximate surface area is 132 Å². The monoisotopic (exact) mass is 302 g/mol. The first-order chi connectivity index (χ1) is 10.5. The largest absolute Gasteiger partial charge is 0.497 e. The van der Waals surface area contributed by atoms with Crippen molar-refractivity contribution < 1.29 is 14.9 Å². The van der Waals surface area contributed by atoms with Gasteiger partial charge < -0.3 is 14.9 Å². The van der Waals surface area contributed by atoms with Crippen LogP contribution in [0.25, 0.3) is 0 Å². The predicted molar refractivity (Wildman–Crippen MR) is 85.0 cm³/mol. The Kier molecular flexibility index (Phi) is 3.28. The van der Waals surface area contributed by atoms with Crippen molar-refractivity contribution in [2.24, 2.45) is 17.3 Å². The molecule has 0 aromatic heterocycles. The molecule has 0 saturated heterocycles. The summed E-state index contributed by atoms with van der Waals surface area (Å²) in [6.45, 7) is 2.19.